The van der Waals surface area contributed by atoms with Crippen LogP contribution < -0.4 is 15.4 Å². The Bertz CT molecular complexity index is 543. The first-order valence-corrected chi connectivity index (χ1v) is 8.34. The Hall–Kier alpha value is -1.75. The zero-order valence-corrected chi connectivity index (χ0v) is 14.2. The van der Waals surface area contributed by atoms with Crippen LogP contribution in [0.25, 0.3) is 0 Å². The molecule has 1 fully saturated rings. The van der Waals surface area contributed by atoms with Crippen molar-refractivity contribution in [2.45, 2.75) is 45.3 Å². The van der Waals surface area contributed by atoms with E-state index in [0.29, 0.717) is 17.3 Å². The third-order valence-electron chi connectivity index (χ3n) is 3.94. The van der Waals surface area contributed by atoms with Crippen LogP contribution in [0.15, 0.2) is 24.3 Å². The average molecular weight is 339 g/mol. The minimum atomic E-state index is -0.536. The molecule has 1 aliphatic carbocycles. The van der Waals surface area contributed by atoms with Crippen molar-refractivity contribution >= 4 is 23.4 Å². The fourth-order valence-corrected chi connectivity index (χ4v) is 2.38. The molecule has 1 aliphatic rings. The predicted molar refractivity (Wildman–Crippen MR) is 89.5 cm³/mol. The van der Waals surface area contributed by atoms with Crippen molar-refractivity contribution in [1.82, 2.24) is 10.6 Å². The van der Waals surface area contributed by atoms with Gasteiger partial charge in [-0.3, -0.25) is 9.59 Å². The summed E-state index contributed by atoms with van der Waals surface area (Å²) in [4.78, 5) is 23.8. The van der Waals surface area contributed by atoms with Crippen LogP contribution in [0, 0.1) is 5.92 Å². The standard InChI is InChI=1S/C17H23ClN2O3/c1-11(23-15-8-6-14(18)7-9-15)10-19-16(21)12(2)20-17(22)13-4-3-5-13/h6-9,11-13H,3-5,10H2,1-2H3,(H,19,21)(H,20,22)/t11-,12+/m1/s1. The summed E-state index contributed by atoms with van der Waals surface area (Å²) >= 11 is 5.82. The van der Waals surface area contributed by atoms with Crippen LogP contribution in [-0.2, 0) is 9.59 Å². The molecule has 2 rings (SSSR count). The van der Waals surface area contributed by atoms with Crippen molar-refractivity contribution in [3.05, 3.63) is 29.3 Å². The first kappa shape index (κ1) is 17.6. The third kappa shape index (κ3) is 5.43. The summed E-state index contributed by atoms with van der Waals surface area (Å²) in [6.45, 7) is 3.92. The van der Waals surface area contributed by atoms with Gasteiger partial charge in [-0.05, 0) is 51.0 Å². The molecule has 126 valence electrons. The topological polar surface area (TPSA) is 67.4 Å². The molecule has 0 saturated heterocycles. The van der Waals surface area contributed by atoms with Gasteiger partial charge in [0.05, 0.1) is 6.54 Å². The number of hydrogen-bond donors (Lipinski definition) is 2. The predicted octanol–water partition coefficient (Wildman–Crippen LogP) is 2.53. The third-order valence-corrected chi connectivity index (χ3v) is 4.19. The van der Waals surface area contributed by atoms with E-state index in [9.17, 15) is 9.59 Å². The lowest BCUT2D eigenvalue weighted by Gasteiger charge is -2.26. The highest BCUT2D eigenvalue weighted by Gasteiger charge is 2.27. The molecule has 0 spiro atoms. The highest BCUT2D eigenvalue weighted by atomic mass is 35.5. The maximum absolute atomic E-state index is 12.0. The first-order valence-electron chi connectivity index (χ1n) is 7.96. The molecular formula is C17H23ClN2O3. The minimum absolute atomic E-state index is 0.0237. The number of amides is 2. The fourth-order valence-electron chi connectivity index (χ4n) is 2.25. The summed E-state index contributed by atoms with van der Waals surface area (Å²) in [6, 6.07) is 6.52. The summed E-state index contributed by atoms with van der Waals surface area (Å²) in [6.07, 6.45) is 2.76. The second-order valence-corrected chi connectivity index (χ2v) is 6.42. The molecule has 0 aromatic heterocycles. The lowest BCUT2D eigenvalue weighted by atomic mass is 9.84. The summed E-state index contributed by atoms with van der Waals surface area (Å²) in [5, 5.41) is 6.19. The van der Waals surface area contributed by atoms with Crippen molar-refractivity contribution < 1.29 is 14.3 Å². The lowest BCUT2D eigenvalue weighted by molar-refractivity contribution is -0.132. The van der Waals surface area contributed by atoms with Gasteiger partial charge in [0.25, 0.3) is 0 Å². The Morgan fingerprint density at radius 2 is 1.91 bits per heavy atom. The number of carbonyl (C=O) groups is 2. The largest absolute Gasteiger partial charge is 0.489 e. The maximum atomic E-state index is 12.0. The van der Waals surface area contributed by atoms with Gasteiger partial charge in [0, 0.05) is 10.9 Å². The lowest BCUT2D eigenvalue weighted by Crippen LogP contribution is -2.49. The van der Waals surface area contributed by atoms with Gasteiger partial charge in [0.1, 0.15) is 17.9 Å². The summed E-state index contributed by atoms with van der Waals surface area (Å²) in [5.41, 5.74) is 0. The van der Waals surface area contributed by atoms with E-state index in [2.05, 4.69) is 10.6 Å². The minimum Gasteiger partial charge on any atom is -0.489 e. The van der Waals surface area contributed by atoms with Crippen molar-refractivity contribution in [2.75, 3.05) is 6.54 Å². The van der Waals surface area contributed by atoms with E-state index in [1.807, 2.05) is 6.92 Å². The zero-order valence-electron chi connectivity index (χ0n) is 13.5. The van der Waals surface area contributed by atoms with Gasteiger partial charge in [0.2, 0.25) is 11.8 Å². The number of carbonyl (C=O) groups excluding carboxylic acids is 2. The van der Waals surface area contributed by atoms with Crippen LogP contribution in [-0.4, -0.2) is 30.5 Å². The van der Waals surface area contributed by atoms with Crippen LogP contribution in [0.2, 0.25) is 5.02 Å². The Kier molecular flexibility index (Phi) is 6.28. The van der Waals surface area contributed by atoms with Gasteiger partial charge in [0.15, 0.2) is 0 Å². The van der Waals surface area contributed by atoms with E-state index in [4.69, 9.17) is 16.3 Å². The molecule has 0 radical (unpaired) electrons. The molecule has 0 aliphatic heterocycles. The molecule has 23 heavy (non-hydrogen) atoms. The maximum Gasteiger partial charge on any atom is 0.242 e. The van der Waals surface area contributed by atoms with Crippen LogP contribution in [0.4, 0.5) is 0 Å². The van der Waals surface area contributed by atoms with Crippen molar-refractivity contribution in [3.8, 4) is 5.75 Å². The first-order chi connectivity index (χ1) is 11.0. The highest BCUT2D eigenvalue weighted by Crippen LogP contribution is 2.26. The monoisotopic (exact) mass is 338 g/mol. The van der Waals surface area contributed by atoms with Crippen LogP contribution in [0.5, 0.6) is 5.75 Å². The zero-order chi connectivity index (χ0) is 16.8. The number of halogens is 1. The summed E-state index contributed by atoms with van der Waals surface area (Å²) in [7, 11) is 0. The molecule has 0 bridgehead atoms. The fraction of sp³-hybridized carbons (Fsp3) is 0.529. The molecule has 0 unspecified atom stereocenters. The van der Waals surface area contributed by atoms with Crippen LogP contribution in [0.3, 0.4) is 0 Å². The van der Waals surface area contributed by atoms with E-state index in [1.54, 1.807) is 31.2 Å². The van der Waals surface area contributed by atoms with Gasteiger partial charge in [-0.25, -0.2) is 0 Å². The van der Waals surface area contributed by atoms with Crippen molar-refractivity contribution in [2.24, 2.45) is 5.92 Å². The van der Waals surface area contributed by atoms with Crippen molar-refractivity contribution in [3.63, 3.8) is 0 Å². The smallest absolute Gasteiger partial charge is 0.242 e. The van der Waals surface area contributed by atoms with Gasteiger partial charge >= 0.3 is 0 Å². The van der Waals surface area contributed by atoms with E-state index < -0.39 is 6.04 Å². The number of rotatable bonds is 7. The summed E-state index contributed by atoms with van der Waals surface area (Å²) in [5.74, 6) is 0.550. The molecule has 2 N–H and O–H groups in total. The number of ether oxygens (including phenoxy) is 1. The Morgan fingerprint density at radius 1 is 1.26 bits per heavy atom. The molecule has 2 atom stereocenters. The van der Waals surface area contributed by atoms with Gasteiger partial charge in [-0.15, -0.1) is 0 Å². The molecule has 1 aromatic carbocycles. The molecular weight excluding hydrogens is 316 g/mol. The summed E-state index contributed by atoms with van der Waals surface area (Å²) < 4.78 is 5.68. The molecule has 5 nitrogen and oxygen atoms in total. The molecule has 1 saturated carbocycles. The van der Waals surface area contributed by atoms with Gasteiger partial charge in [-0.2, -0.15) is 0 Å². The van der Waals surface area contributed by atoms with E-state index in [0.717, 1.165) is 19.3 Å². The second kappa shape index (κ2) is 8.20. The molecule has 1 aromatic rings. The van der Waals surface area contributed by atoms with Crippen LogP contribution in [0.1, 0.15) is 33.1 Å². The quantitative estimate of drug-likeness (QED) is 0.802. The molecule has 0 heterocycles. The molecule has 6 heteroatoms. The van der Waals surface area contributed by atoms with E-state index in [-0.39, 0.29) is 23.8 Å². The number of nitrogens with one attached hydrogen (secondary N) is 2. The number of hydrogen-bond acceptors (Lipinski definition) is 3. The Labute approximate surface area is 141 Å². The van der Waals surface area contributed by atoms with E-state index >= 15 is 0 Å². The van der Waals surface area contributed by atoms with Crippen LogP contribution >= 0.6 is 11.6 Å². The Morgan fingerprint density at radius 3 is 2.48 bits per heavy atom. The average Bonchev–Trinajstić information content (AvgIpc) is 2.45. The number of benzene rings is 1. The molecule has 2 amide bonds. The second-order valence-electron chi connectivity index (χ2n) is 5.99. The Balaban J connectivity index is 1.69. The SMILES string of the molecule is C[C@H](CNC(=O)[C@H](C)NC(=O)C1CCC1)Oc1ccc(Cl)cc1. The normalized spacial score (nSPS) is 16.8. The van der Waals surface area contributed by atoms with Gasteiger partial charge in [-0.1, -0.05) is 18.0 Å². The highest BCUT2D eigenvalue weighted by molar-refractivity contribution is 6.30. The van der Waals surface area contributed by atoms with Crippen molar-refractivity contribution in [1.29, 1.82) is 0 Å². The van der Waals surface area contributed by atoms with Gasteiger partial charge < -0.3 is 15.4 Å². The van der Waals surface area contributed by atoms with E-state index in [1.165, 1.54) is 0 Å².